The molecule has 0 aliphatic heterocycles. The largest absolute Gasteiger partial charge is 0.345 e. The molecule has 0 aliphatic carbocycles. The van der Waals surface area contributed by atoms with Gasteiger partial charge in [-0.15, -0.1) is 0 Å². The molecular weight excluding hydrogens is 316 g/mol. The van der Waals surface area contributed by atoms with Crippen LogP contribution in [0.15, 0.2) is 54.6 Å². The predicted octanol–water partition coefficient (Wildman–Crippen LogP) is 2.56. The van der Waals surface area contributed by atoms with Crippen molar-refractivity contribution >= 4 is 22.8 Å². The number of nitrogens with one attached hydrogen (secondary N) is 3. The molecule has 0 bridgehead atoms. The lowest BCUT2D eigenvalue weighted by atomic mass is 10.2. The maximum Gasteiger partial charge on any atom is 0.251 e. The smallest absolute Gasteiger partial charge is 0.251 e. The third-order valence-electron chi connectivity index (χ3n) is 3.95. The summed E-state index contributed by atoms with van der Waals surface area (Å²) in [5, 5.41) is 5.56. The van der Waals surface area contributed by atoms with Crippen LogP contribution in [0.4, 0.5) is 0 Å². The van der Waals surface area contributed by atoms with Crippen molar-refractivity contribution in [1.29, 1.82) is 0 Å². The van der Waals surface area contributed by atoms with Crippen molar-refractivity contribution in [2.24, 2.45) is 0 Å². The number of H-pyrrole nitrogens is 1. The predicted molar refractivity (Wildman–Crippen MR) is 96.0 cm³/mol. The van der Waals surface area contributed by atoms with Gasteiger partial charge in [-0.25, -0.2) is 4.98 Å². The highest BCUT2D eigenvalue weighted by molar-refractivity contribution is 5.97. The summed E-state index contributed by atoms with van der Waals surface area (Å²) in [5.41, 5.74) is 2.29. The van der Waals surface area contributed by atoms with Crippen molar-refractivity contribution in [2.45, 2.75) is 25.9 Å². The Labute approximate surface area is 145 Å². The highest BCUT2D eigenvalue weighted by Gasteiger charge is 2.20. The van der Waals surface area contributed by atoms with E-state index < -0.39 is 6.04 Å². The van der Waals surface area contributed by atoms with E-state index in [1.54, 1.807) is 31.2 Å². The summed E-state index contributed by atoms with van der Waals surface area (Å²) in [5.74, 6) is 0.132. The van der Waals surface area contributed by atoms with E-state index in [4.69, 9.17) is 0 Å². The van der Waals surface area contributed by atoms with Crippen LogP contribution in [-0.2, 0) is 4.79 Å². The maximum absolute atomic E-state index is 12.3. The maximum atomic E-state index is 12.3. The zero-order chi connectivity index (χ0) is 17.8. The molecule has 0 aliphatic rings. The van der Waals surface area contributed by atoms with Gasteiger partial charge in [0.25, 0.3) is 5.91 Å². The summed E-state index contributed by atoms with van der Waals surface area (Å²) >= 11 is 0. The minimum atomic E-state index is -0.653. The summed E-state index contributed by atoms with van der Waals surface area (Å²) in [7, 11) is 0. The Morgan fingerprint density at radius 3 is 2.36 bits per heavy atom. The van der Waals surface area contributed by atoms with Gasteiger partial charge in [0.05, 0.1) is 17.1 Å². The highest BCUT2D eigenvalue weighted by Crippen LogP contribution is 2.15. The molecule has 1 aromatic heterocycles. The van der Waals surface area contributed by atoms with Gasteiger partial charge in [-0.3, -0.25) is 9.59 Å². The molecule has 3 N–H and O–H groups in total. The second kappa shape index (κ2) is 7.17. The molecule has 6 nitrogen and oxygen atoms in total. The van der Waals surface area contributed by atoms with Crippen molar-refractivity contribution in [1.82, 2.24) is 20.6 Å². The molecule has 3 rings (SSSR count). The number of imidazole rings is 1. The topological polar surface area (TPSA) is 86.9 Å². The second-order valence-electron chi connectivity index (χ2n) is 5.93. The van der Waals surface area contributed by atoms with E-state index in [1.165, 1.54) is 0 Å². The highest BCUT2D eigenvalue weighted by atomic mass is 16.2. The fourth-order valence-electron chi connectivity index (χ4n) is 2.52. The molecule has 2 atom stereocenters. The van der Waals surface area contributed by atoms with Crippen molar-refractivity contribution in [3.63, 3.8) is 0 Å². The van der Waals surface area contributed by atoms with Gasteiger partial charge in [0, 0.05) is 5.56 Å². The number of hydrogen-bond acceptors (Lipinski definition) is 3. The lowest BCUT2D eigenvalue weighted by Crippen LogP contribution is -2.45. The van der Waals surface area contributed by atoms with E-state index >= 15 is 0 Å². The Morgan fingerprint density at radius 2 is 1.64 bits per heavy atom. The first-order valence-electron chi connectivity index (χ1n) is 8.15. The number of hydrogen-bond donors (Lipinski definition) is 3. The van der Waals surface area contributed by atoms with Crippen LogP contribution >= 0.6 is 0 Å². The van der Waals surface area contributed by atoms with Crippen molar-refractivity contribution in [3.8, 4) is 0 Å². The Morgan fingerprint density at radius 1 is 0.960 bits per heavy atom. The number of aromatic nitrogens is 2. The van der Waals surface area contributed by atoms with E-state index in [-0.39, 0.29) is 17.9 Å². The number of nitrogens with zero attached hydrogens (tertiary/aromatic N) is 1. The number of rotatable bonds is 5. The Hall–Kier alpha value is -3.15. The fourth-order valence-corrected chi connectivity index (χ4v) is 2.52. The van der Waals surface area contributed by atoms with Crippen LogP contribution in [0.1, 0.15) is 36.1 Å². The normalized spacial score (nSPS) is 13.2. The summed E-state index contributed by atoms with van der Waals surface area (Å²) in [6.07, 6.45) is 0. The lowest BCUT2D eigenvalue weighted by Gasteiger charge is -2.17. The molecule has 0 radical (unpaired) electrons. The van der Waals surface area contributed by atoms with Gasteiger partial charge in [-0.1, -0.05) is 30.3 Å². The quantitative estimate of drug-likeness (QED) is 0.669. The number of carbonyl (C=O) groups is 2. The standard InChI is InChI=1S/C19H20N4O2/c1-12(17-22-15-10-6-7-11-16(15)23-17)20-18(24)13(2)21-19(25)14-8-4-3-5-9-14/h3-13H,1-2H3,(H,20,24)(H,21,25)(H,22,23). The van der Waals surface area contributed by atoms with Crippen LogP contribution in [0.2, 0.25) is 0 Å². The molecule has 2 unspecified atom stereocenters. The molecule has 2 aromatic carbocycles. The number of aromatic amines is 1. The van der Waals surface area contributed by atoms with Crippen molar-refractivity contribution in [3.05, 3.63) is 66.0 Å². The molecule has 0 fully saturated rings. The van der Waals surface area contributed by atoms with E-state index in [1.807, 2.05) is 37.3 Å². The van der Waals surface area contributed by atoms with E-state index in [9.17, 15) is 9.59 Å². The van der Waals surface area contributed by atoms with Crippen LogP contribution in [-0.4, -0.2) is 27.8 Å². The molecular formula is C19H20N4O2. The minimum Gasteiger partial charge on any atom is -0.345 e. The van der Waals surface area contributed by atoms with Crippen LogP contribution < -0.4 is 10.6 Å². The molecule has 3 aromatic rings. The van der Waals surface area contributed by atoms with E-state index in [0.29, 0.717) is 11.4 Å². The average molecular weight is 336 g/mol. The van der Waals surface area contributed by atoms with Crippen LogP contribution in [0.3, 0.4) is 0 Å². The monoisotopic (exact) mass is 336 g/mol. The SMILES string of the molecule is CC(NC(=O)c1ccccc1)C(=O)NC(C)c1nc2ccccc2[nH]1. The fraction of sp³-hybridized carbons (Fsp3) is 0.211. The summed E-state index contributed by atoms with van der Waals surface area (Å²) in [6.45, 7) is 3.50. The third-order valence-corrected chi connectivity index (χ3v) is 3.95. The van der Waals surface area contributed by atoms with Crippen LogP contribution in [0.5, 0.6) is 0 Å². The number of fused-ring (bicyclic) bond motifs is 1. The van der Waals surface area contributed by atoms with Crippen molar-refractivity contribution in [2.75, 3.05) is 0 Å². The van der Waals surface area contributed by atoms with Gasteiger partial charge in [-0.05, 0) is 38.1 Å². The van der Waals surface area contributed by atoms with Gasteiger partial charge in [-0.2, -0.15) is 0 Å². The van der Waals surface area contributed by atoms with Gasteiger partial charge in [0.15, 0.2) is 0 Å². The summed E-state index contributed by atoms with van der Waals surface area (Å²) in [6, 6.07) is 15.5. The van der Waals surface area contributed by atoms with Gasteiger partial charge in [0.1, 0.15) is 11.9 Å². The number of para-hydroxylation sites is 2. The number of carbonyl (C=O) groups excluding carboxylic acids is 2. The molecule has 128 valence electrons. The molecule has 0 saturated carbocycles. The molecule has 2 amide bonds. The molecule has 6 heteroatoms. The van der Waals surface area contributed by atoms with Crippen LogP contribution in [0, 0.1) is 0 Å². The Balaban J connectivity index is 1.61. The van der Waals surface area contributed by atoms with E-state index in [2.05, 4.69) is 20.6 Å². The van der Waals surface area contributed by atoms with Crippen LogP contribution in [0.25, 0.3) is 11.0 Å². The molecule has 0 spiro atoms. The molecule has 1 heterocycles. The zero-order valence-electron chi connectivity index (χ0n) is 14.1. The van der Waals surface area contributed by atoms with Crippen molar-refractivity contribution < 1.29 is 9.59 Å². The van der Waals surface area contributed by atoms with Gasteiger partial charge < -0.3 is 15.6 Å². The first-order chi connectivity index (χ1) is 12.0. The Bertz CT molecular complexity index is 856. The minimum absolute atomic E-state index is 0.266. The average Bonchev–Trinajstić information content (AvgIpc) is 3.06. The Kier molecular flexibility index (Phi) is 4.79. The molecule has 0 saturated heterocycles. The zero-order valence-corrected chi connectivity index (χ0v) is 14.1. The third kappa shape index (κ3) is 3.85. The molecule has 25 heavy (non-hydrogen) atoms. The van der Waals surface area contributed by atoms with E-state index in [0.717, 1.165) is 11.0 Å². The number of amides is 2. The summed E-state index contributed by atoms with van der Waals surface area (Å²) in [4.78, 5) is 32.1. The lowest BCUT2D eigenvalue weighted by molar-refractivity contribution is -0.123. The van der Waals surface area contributed by atoms with Gasteiger partial charge >= 0.3 is 0 Å². The first-order valence-corrected chi connectivity index (χ1v) is 8.15. The van der Waals surface area contributed by atoms with Gasteiger partial charge in [0.2, 0.25) is 5.91 Å². The second-order valence-corrected chi connectivity index (χ2v) is 5.93. The first kappa shape index (κ1) is 16.7. The number of benzene rings is 2. The summed E-state index contributed by atoms with van der Waals surface area (Å²) < 4.78 is 0.